The molecule has 0 saturated carbocycles. The minimum atomic E-state index is -0.709. The van der Waals surface area contributed by atoms with E-state index >= 15 is 0 Å². The van der Waals surface area contributed by atoms with Crippen LogP contribution in [-0.4, -0.2) is 53.9 Å². The topological polar surface area (TPSA) is 101 Å². The molecule has 0 aromatic carbocycles. The average molecular weight is 371 g/mol. The maximum absolute atomic E-state index is 12.4. The number of hydrogen-bond acceptors (Lipinski definition) is 6. The Kier molecular flexibility index (Phi) is 9.93. The molecule has 150 valence electrons. The fourth-order valence-electron chi connectivity index (χ4n) is 1.77. The van der Waals surface area contributed by atoms with E-state index in [0.29, 0.717) is 0 Å². The van der Waals surface area contributed by atoms with Crippen LogP contribution < -0.4 is 5.32 Å². The number of nitrogens with zero attached hydrogens (tertiary/aromatic N) is 1. The minimum absolute atomic E-state index is 0.147. The van der Waals surface area contributed by atoms with Gasteiger partial charge in [-0.15, -0.1) is 0 Å². The van der Waals surface area contributed by atoms with Gasteiger partial charge in [-0.1, -0.05) is 6.08 Å². The van der Waals surface area contributed by atoms with Gasteiger partial charge < -0.3 is 24.9 Å². The third-order valence-electron chi connectivity index (χ3n) is 2.62. The van der Waals surface area contributed by atoms with Gasteiger partial charge in [0.05, 0.1) is 6.61 Å². The Bertz CT molecular complexity index is 492. The zero-order valence-electron chi connectivity index (χ0n) is 16.9. The number of carbonyl (C=O) groups is 2. The second kappa shape index (κ2) is 10.8. The summed E-state index contributed by atoms with van der Waals surface area (Å²) in [5.74, 6) is 0. The van der Waals surface area contributed by atoms with E-state index in [1.807, 2.05) is 0 Å². The Morgan fingerprint density at radius 2 is 1.69 bits per heavy atom. The molecule has 2 N–H and O–H groups in total. The molecule has 2 amide bonds. The van der Waals surface area contributed by atoms with Crippen molar-refractivity contribution in [2.75, 3.05) is 13.2 Å². The lowest BCUT2D eigenvalue weighted by atomic mass is 10.2. The molecule has 8 nitrogen and oxygen atoms in total. The molecule has 0 saturated heterocycles. The SMILES string of the molecule is C/C=C/N(C(=O)OC(C)(C)C)C(CC=N)OCCNC(=O)OC(C)(C)C. The molecule has 0 rings (SSSR count). The molecular formula is C18H33N3O5. The molecule has 8 heteroatoms. The van der Waals surface area contributed by atoms with E-state index in [-0.39, 0.29) is 19.6 Å². The predicted molar refractivity (Wildman–Crippen MR) is 100 cm³/mol. The Morgan fingerprint density at radius 3 is 2.15 bits per heavy atom. The maximum atomic E-state index is 12.4. The first kappa shape index (κ1) is 23.9. The van der Waals surface area contributed by atoms with Crippen molar-refractivity contribution >= 4 is 18.4 Å². The molecule has 0 aromatic heterocycles. The summed E-state index contributed by atoms with van der Waals surface area (Å²) in [7, 11) is 0. The number of nitrogens with one attached hydrogen (secondary N) is 2. The highest BCUT2D eigenvalue weighted by Gasteiger charge is 2.27. The van der Waals surface area contributed by atoms with Crippen LogP contribution in [0.1, 0.15) is 54.9 Å². The summed E-state index contributed by atoms with van der Waals surface area (Å²) in [5.41, 5.74) is -1.22. The lowest BCUT2D eigenvalue weighted by Gasteiger charge is -2.30. The van der Waals surface area contributed by atoms with Gasteiger partial charge in [0.25, 0.3) is 0 Å². The maximum Gasteiger partial charge on any atom is 0.416 e. The number of allylic oxidation sites excluding steroid dienone is 1. The van der Waals surface area contributed by atoms with Crippen molar-refractivity contribution in [2.45, 2.75) is 72.3 Å². The quantitative estimate of drug-likeness (QED) is 0.385. The van der Waals surface area contributed by atoms with E-state index in [2.05, 4.69) is 5.32 Å². The summed E-state index contributed by atoms with van der Waals surface area (Å²) in [4.78, 5) is 25.3. The van der Waals surface area contributed by atoms with E-state index in [4.69, 9.17) is 19.6 Å². The predicted octanol–water partition coefficient (Wildman–Crippen LogP) is 3.66. The molecule has 0 heterocycles. The van der Waals surface area contributed by atoms with Gasteiger partial charge in [-0.2, -0.15) is 0 Å². The number of amides is 2. The summed E-state index contributed by atoms with van der Waals surface area (Å²) >= 11 is 0. The fourth-order valence-corrected chi connectivity index (χ4v) is 1.77. The number of alkyl carbamates (subject to hydrolysis) is 1. The van der Waals surface area contributed by atoms with Gasteiger partial charge in [-0.25, -0.2) is 9.59 Å². The smallest absolute Gasteiger partial charge is 0.416 e. The van der Waals surface area contributed by atoms with Crippen molar-refractivity contribution in [1.29, 1.82) is 5.41 Å². The van der Waals surface area contributed by atoms with Gasteiger partial charge in [0, 0.05) is 19.2 Å². The molecular weight excluding hydrogens is 338 g/mol. The zero-order chi connectivity index (χ0) is 20.4. The van der Waals surface area contributed by atoms with Gasteiger partial charge in [0.15, 0.2) is 0 Å². The fraction of sp³-hybridized carbons (Fsp3) is 0.722. The molecule has 1 atom stereocenters. The van der Waals surface area contributed by atoms with Crippen LogP contribution in [0.5, 0.6) is 0 Å². The molecule has 0 radical (unpaired) electrons. The first-order chi connectivity index (χ1) is 11.9. The highest BCUT2D eigenvalue weighted by molar-refractivity contribution is 5.70. The Balaban J connectivity index is 4.73. The first-order valence-electron chi connectivity index (χ1n) is 8.61. The number of carbonyl (C=O) groups excluding carboxylic acids is 2. The van der Waals surface area contributed by atoms with Crippen LogP contribution in [0.4, 0.5) is 9.59 Å². The van der Waals surface area contributed by atoms with Crippen LogP contribution in [0.2, 0.25) is 0 Å². The average Bonchev–Trinajstić information content (AvgIpc) is 2.44. The molecule has 0 aliphatic heterocycles. The second-order valence-electron chi connectivity index (χ2n) is 7.56. The summed E-state index contributed by atoms with van der Waals surface area (Å²) in [6, 6.07) is 0. The molecule has 26 heavy (non-hydrogen) atoms. The van der Waals surface area contributed by atoms with Crippen molar-refractivity contribution in [1.82, 2.24) is 10.2 Å². The van der Waals surface area contributed by atoms with Gasteiger partial charge in [0.1, 0.15) is 17.4 Å². The van der Waals surface area contributed by atoms with Crippen LogP contribution in [0, 0.1) is 5.41 Å². The molecule has 0 bridgehead atoms. The summed E-state index contributed by atoms with van der Waals surface area (Å²) < 4.78 is 16.2. The van der Waals surface area contributed by atoms with Gasteiger partial charge in [-0.3, -0.25) is 4.90 Å². The van der Waals surface area contributed by atoms with Crippen LogP contribution >= 0.6 is 0 Å². The highest BCUT2D eigenvalue weighted by Crippen LogP contribution is 2.15. The molecule has 0 aliphatic rings. The van der Waals surface area contributed by atoms with Gasteiger partial charge >= 0.3 is 12.2 Å². The van der Waals surface area contributed by atoms with E-state index < -0.39 is 29.6 Å². The summed E-state index contributed by atoms with van der Waals surface area (Å²) in [6.45, 7) is 12.8. The van der Waals surface area contributed by atoms with Gasteiger partial charge in [0.2, 0.25) is 0 Å². The van der Waals surface area contributed by atoms with E-state index in [1.165, 1.54) is 4.90 Å². The van der Waals surface area contributed by atoms with Crippen LogP contribution in [0.25, 0.3) is 0 Å². The molecule has 0 aliphatic carbocycles. The van der Waals surface area contributed by atoms with Crippen molar-refractivity contribution in [3.8, 4) is 0 Å². The monoisotopic (exact) mass is 371 g/mol. The first-order valence-corrected chi connectivity index (χ1v) is 8.61. The van der Waals surface area contributed by atoms with E-state index in [9.17, 15) is 9.59 Å². The van der Waals surface area contributed by atoms with Crippen molar-refractivity contribution < 1.29 is 23.8 Å². The van der Waals surface area contributed by atoms with E-state index in [1.54, 1.807) is 60.7 Å². The van der Waals surface area contributed by atoms with Gasteiger partial charge in [-0.05, 0) is 54.7 Å². The molecule has 0 aromatic rings. The second-order valence-corrected chi connectivity index (χ2v) is 7.56. The van der Waals surface area contributed by atoms with E-state index in [0.717, 1.165) is 6.21 Å². The standard InChI is InChI=1S/C18H33N3O5/c1-8-12-21(16(23)26-18(5,6)7)14(9-10-19)24-13-11-20-15(22)25-17(2,3)4/h8,10,12,14,19H,9,11,13H2,1-7H3,(H,20,22)/b12-8+,19-10?. The lowest BCUT2D eigenvalue weighted by molar-refractivity contribution is -0.0448. The Hall–Kier alpha value is -2.09. The third kappa shape index (κ3) is 11.5. The molecule has 0 fully saturated rings. The normalized spacial score (nSPS) is 13.2. The number of hydrogen-bond donors (Lipinski definition) is 2. The molecule has 1 unspecified atom stereocenters. The zero-order valence-corrected chi connectivity index (χ0v) is 16.9. The van der Waals surface area contributed by atoms with Crippen LogP contribution in [0.3, 0.4) is 0 Å². The largest absolute Gasteiger partial charge is 0.444 e. The minimum Gasteiger partial charge on any atom is -0.444 e. The Morgan fingerprint density at radius 1 is 1.12 bits per heavy atom. The molecule has 0 spiro atoms. The summed E-state index contributed by atoms with van der Waals surface area (Å²) in [6.07, 6.45) is 2.76. The lowest BCUT2D eigenvalue weighted by Crippen LogP contribution is -2.43. The third-order valence-corrected chi connectivity index (χ3v) is 2.62. The Labute approximate surface area is 156 Å². The van der Waals surface area contributed by atoms with Crippen molar-refractivity contribution in [3.63, 3.8) is 0 Å². The number of ether oxygens (including phenoxy) is 3. The van der Waals surface area contributed by atoms with Crippen LogP contribution in [-0.2, 0) is 14.2 Å². The van der Waals surface area contributed by atoms with Crippen molar-refractivity contribution in [3.05, 3.63) is 12.3 Å². The number of rotatable bonds is 8. The van der Waals surface area contributed by atoms with Crippen LogP contribution in [0.15, 0.2) is 12.3 Å². The van der Waals surface area contributed by atoms with Crippen molar-refractivity contribution in [2.24, 2.45) is 0 Å². The summed E-state index contributed by atoms with van der Waals surface area (Å²) in [5, 5.41) is 9.91. The highest BCUT2D eigenvalue weighted by atomic mass is 16.6.